The molecule has 0 aromatic carbocycles. The quantitative estimate of drug-likeness (QED) is 0.832. The average molecular weight is 254 g/mol. The molecule has 0 bridgehead atoms. The maximum Gasteiger partial charge on any atom is 0.0774 e. The lowest BCUT2D eigenvalue weighted by molar-refractivity contribution is -0.0378. The number of nitrogens with zero attached hydrogens (tertiary/aromatic N) is 2. The van der Waals surface area contributed by atoms with E-state index in [9.17, 15) is 5.11 Å². The number of rotatable bonds is 4. The molecule has 1 unspecified atom stereocenters. The summed E-state index contributed by atoms with van der Waals surface area (Å²) in [6.07, 6.45) is 7.00. The van der Waals surface area contributed by atoms with E-state index in [-0.39, 0.29) is 5.60 Å². The molecule has 2 rings (SSSR count). The third-order valence-corrected chi connectivity index (χ3v) is 4.92. The highest BCUT2D eigenvalue weighted by Gasteiger charge is 2.32. The van der Waals surface area contributed by atoms with Crippen molar-refractivity contribution in [2.45, 2.75) is 64.0 Å². The van der Waals surface area contributed by atoms with Gasteiger partial charge in [-0.15, -0.1) is 0 Å². The lowest BCUT2D eigenvalue weighted by Crippen LogP contribution is -2.54. The van der Waals surface area contributed by atoms with Crippen molar-refractivity contribution in [1.29, 1.82) is 0 Å². The Morgan fingerprint density at radius 1 is 1.06 bits per heavy atom. The van der Waals surface area contributed by atoms with Gasteiger partial charge >= 0.3 is 0 Å². The molecule has 0 aromatic heterocycles. The van der Waals surface area contributed by atoms with Crippen molar-refractivity contribution >= 4 is 0 Å². The highest BCUT2D eigenvalue weighted by molar-refractivity contribution is 4.87. The molecular formula is C15H30N2O. The van der Waals surface area contributed by atoms with E-state index in [0.29, 0.717) is 6.04 Å². The van der Waals surface area contributed by atoms with Gasteiger partial charge in [0, 0.05) is 38.8 Å². The van der Waals surface area contributed by atoms with E-state index in [1.54, 1.807) is 0 Å². The van der Waals surface area contributed by atoms with Crippen LogP contribution in [0.5, 0.6) is 0 Å². The number of β-amino-alcohol motifs (C(OH)–C–C–N with tert-alkyl or cyclic N) is 1. The Bertz CT molecular complexity index is 243. The van der Waals surface area contributed by atoms with Gasteiger partial charge in [0.25, 0.3) is 0 Å². The zero-order valence-corrected chi connectivity index (χ0v) is 12.2. The molecule has 2 fully saturated rings. The lowest BCUT2D eigenvalue weighted by Gasteiger charge is -2.42. The van der Waals surface area contributed by atoms with Crippen LogP contribution in [0.25, 0.3) is 0 Å². The van der Waals surface area contributed by atoms with Crippen molar-refractivity contribution in [1.82, 2.24) is 9.80 Å². The van der Waals surface area contributed by atoms with Crippen LogP contribution in [0.3, 0.4) is 0 Å². The lowest BCUT2D eigenvalue weighted by atomic mass is 9.84. The second-order valence-corrected chi connectivity index (χ2v) is 6.35. The summed E-state index contributed by atoms with van der Waals surface area (Å²) in [4.78, 5) is 5.06. The van der Waals surface area contributed by atoms with Gasteiger partial charge in [-0.1, -0.05) is 26.2 Å². The first-order valence-corrected chi connectivity index (χ1v) is 7.82. The third-order valence-electron chi connectivity index (χ3n) is 4.92. The number of piperazine rings is 1. The molecule has 2 aliphatic rings. The zero-order chi connectivity index (χ0) is 13.0. The van der Waals surface area contributed by atoms with Gasteiger partial charge in [0.15, 0.2) is 0 Å². The largest absolute Gasteiger partial charge is 0.389 e. The molecule has 3 heteroatoms. The Morgan fingerprint density at radius 3 is 2.22 bits per heavy atom. The molecule has 3 nitrogen and oxygen atoms in total. The summed E-state index contributed by atoms with van der Waals surface area (Å²) in [6, 6.07) is 0.713. The Hall–Kier alpha value is -0.120. The first-order valence-electron chi connectivity index (χ1n) is 7.82. The molecule has 0 amide bonds. The molecule has 106 valence electrons. The minimum atomic E-state index is -0.378. The summed E-state index contributed by atoms with van der Waals surface area (Å²) < 4.78 is 0. The molecular weight excluding hydrogens is 224 g/mol. The smallest absolute Gasteiger partial charge is 0.0774 e. The molecule has 1 saturated heterocycles. The van der Waals surface area contributed by atoms with Crippen molar-refractivity contribution in [2.24, 2.45) is 0 Å². The van der Waals surface area contributed by atoms with Gasteiger partial charge in [0.2, 0.25) is 0 Å². The minimum absolute atomic E-state index is 0.378. The molecule has 1 N–H and O–H groups in total. The fourth-order valence-corrected chi connectivity index (χ4v) is 3.40. The van der Waals surface area contributed by atoms with Crippen molar-refractivity contribution in [3.63, 3.8) is 0 Å². The second kappa shape index (κ2) is 6.36. The fraction of sp³-hybridized carbons (Fsp3) is 1.00. The van der Waals surface area contributed by atoms with Crippen LogP contribution in [0.4, 0.5) is 0 Å². The van der Waals surface area contributed by atoms with E-state index >= 15 is 0 Å². The van der Waals surface area contributed by atoms with Crippen LogP contribution in [-0.2, 0) is 0 Å². The minimum Gasteiger partial charge on any atom is -0.389 e. The summed E-state index contributed by atoms with van der Waals surface area (Å²) in [5.74, 6) is 0. The van der Waals surface area contributed by atoms with Crippen LogP contribution in [0, 0.1) is 0 Å². The molecule has 0 aromatic rings. The standard InChI is InChI=1S/C15H30N2O/c1-3-14(2)17-11-9-16(10-12-17)13-15(18)7-5-4-6-8-15/h14,18H,3-13H2,1-2H3. The van der Waals surface area contributed by atoms with Crippen molar-refractivity contribution in [3.8, 4) is 0 Å². The molecule has 0 radical (unpaired) electrons. The van der Waals surface area contributed by atoms with Gasteiger partial charge in [-0.05, 0) is 26.2 Å². The highest BCUT2D eigenvalue weighted by atomic mass is 16.3. The Morgan fingerprint density at radius 2 is 1.67 bits per heavy atom. The molecule has 1 aliphatic heterocycles. The predicted octanol–water partition coefficient (Wildman–Crippen LogP) is 2.10. The first kappa shape index (κ1) is 14.3. The predicted molar refractivity (Wildman–Crippen MR) is 75.8 cm³/mol. The van der Waals surface area contributed by atoms with Crippen molar-refractivity contribution in [2.75, 3.05) is 32.7 Å². The fourth-order valence-electron chi connectivity index (χ4n) is 3.40. The van der Waals surface area contributed by atoms with Crippen molar-refractivity contribution in [3.05, 3.63) is 0 Å². The van der Waals surface area contributed by atoms with Gasteiger partial charge in [-0.2, -0.15) is 0 Å². The number of aliphatic hydroxyl groups is 1. The van der Waals surface area contributed by atoms with Crippen LogP contribution in [0.15, 0.2) is 0 Å². The Kier molecular flexibility index (Phi) is 5.05. The normalized spacial score (nSPS) is 28.2. The van der Waals surface area contributed by atoms with E-state index < -0.39 is 0 Å². The van der Waals surface area contributed by atoms with E-state index in [1.807, 2.05) is 0 Å². The number of hydrogen-bond donors (Lipinski definition) is 1. The van der Waals surface area contributed by atoms with Crippen LogP contribution in [0.2, 0.25) is 0 Å². The van der Waals surface area contributed by atoms with E-state index in [4.69, 9.17) is 0 Å². The van der Waals surface area contributed by atoms with Gasteiger partial charge in [-0.25, -0.2) is 0 Å². The Labute approximate surface area is 112 Å². The summed E-state index contributed by atoms with van der Waals surface area (Å²) in [5, 5.41) is 10.6. The molecule has 1 saturated carbocycles. The second-order valence-electron chi connectivity index (χ2n) is 6.35. The maximum absolute atomic E-state index is 10.6. The molecule has 1 heterocycles. The van der Waals surface area contributed by atoms with Crippen LogP contribution in [0.1, 0.15) is 52.4 Å². The summed E-state index contributed by atoms with van der Waals surface area (Å²) >= 11 is 0. The van der Waals surface area contributed by atoms with E-state index in [0.717, 1.165) is 32.5 Å². The van der Waals surface area contributed by atoms with E-state index in [2.05, 4.69) is 23.6 Å². The highest BCUT2D eigenvalue weighted by Crippen LogP contribution is 2.29. The van der Waals surface area contributed by atoms with Gasteiger partial charge in [0.1, 0.15) is 0 Å². The van der Waals surface area contributed by atoms with Crippen LogP contribution < -0.4 is 0 Å². The topological polar surface area (TPSA) is 26.7 Å². The molecule has 1 atom stereocenters. The summed E-state index contributed by atoms with van der Waals surface area (Å²) in [5.41, 5.74) is -0.378. The van der Waals surface area contributed by atoms with E-state index in [1.165, 1.54) is 38.8 Å². The average Bonchev–Trinajstić information content (AvgIpc) is 2.39. The molecule has 0 spiro atoms. The van der Waals surface area contributed by atoms with Crippen molar-refractivity contribution < 1.29 is 5.11 Å². The monoisotopic (exact) mass is 254 g/mol. The van der Waals surface area contributed by atoms with Gasteiger partial charge < -0.3 is 5.11 Å². The molecule has 18 heavy (non-hydrogen) atoms. The summed E-state index contributed by atoms with van der Waals surface area (Å²) in [6.45, 7) is 10.1. The molecule has 1 aliphatic carbocycles. The first-order chi connectivity index (χ1) is 8.63. The number of hydrogen-bond acceptors (Lipinski definition) is 3. The van der Waals surface area contributed by atoms with Gasteiger partial charge in [-0.3, -0.25) is 9.80 Å². The van der Waals surface area contributed by atoms with Crippen LogP contribution >= 0.6 is 0 Å². The van der Waals surface area contributed by atoms with Gasteiger partial charge in [0.05, 0.1) is 5.60 Å². The maximum atomic E-state index is 10.6. The Balaban J connectivity index is 1.76. The van der Waals surface area contributed by atoms with Crippen LogP contribution in [-0.4, -0.2) is 59.3 Å². The third kappa shape index (κ3) is 3.69. The SMILES string of the molecule is CCC(C)N1CCN(CC2(O)CCCCC2)CC1. The zero-order valence-electron chi connectivity index (χ0n) is 12.2. The summed E-state index contributed by atoms with van der Waals surface area (Å²) in [7, 11) is 0.